The molecule has 1 N–H and O–H groups in total. The largest absolute Gasteiger partial charge is 0.401 e. The van der Waals surface area contributed by atoms with Gasteiger partial charge in [0.15, 0.2) is 0 Å². The van der Waals surface area contributed by atoms with Crippen molar-refractivity contribution < 1.29 is 13.2 Å². The topological polar surface area (TPSA) is 49.7 Å². The lowest BCUT2D eigenvalue weighted by Gasteiger charge is -2.33. The molecule has 0 aromatic carbocycles. The fraction of sp³-hybridized carbons (Fsp3) is 0.500. The molecule has 1 fully saturated rings. The van der Waals surface area contributed by atoms with E-state index in [1.165, 1.54) is 4.90 Å². The smallest absolute Gasteiger partial charge is 0.346 e. The highest BCUT2D eigenvalue weighted by Gasteiger charge is 2.33. The number of aromatic amines is 1. The maximum Gasteiger partial charge on any atom is 0.401 e. The van der Waals surface area contributed by atoms with Crippen molar-refractivity contribution in [2.24, 2.45) is 0 Å². The molecule has 0 radical (unpaired) electrons. The molecule has 0 atom stereocenters. The SMILES string of the molecule is Cc1nc2cnc3[nH]ccc3c2n1C1CCN(CC(F)(F)F)CC1. The van der Waals surface area contributed by atoms with Gasteiger partial charge in [-0.3, -0.25) is 4.90 Å². The predicted molar refractivity (Wildman–Crippen MR) is 84.9 cm³/mol. The third kappa shape index (κ3) is 2.64. The van der Waals surface area contributed by atoms with Gasteiger partial charge in [0, 0.05) is 30.7 Å². The molecule has 8 heteroatoms. The lowest BCUT2D eigenvalue weighted by molar-refractivity contribution is -0.148. The number of pyridine rings is 1. The van der Waals surface area contributed by atoms with Gasteiger partial charge < -0.3 is 9.55 Å². The molecule has 1 aliphatic heterocycles. The minimum Gasteiger partial charge on any atom is -0.346 e. The van der Waals surface area contributed by atoms with Crippen LogP contribution < -0.4 is 0 Å². The molecule has 0 saturated carbocycles. The molecule has 3 aromatic heterocycles. The van der Waals surface area contributed by atoms with E-state index in [9.17, 15) is 13.2 Å². The van der Waals surface area contributed by atoms with Crippen molar-refractivity contribution in [2.45, 2.75) is 32.0 Å². The van der Waals surface area contributed by atoms with Crippen molar-refractivity contribution in [3.05, 3.63) is 24.3 Å². The van der Waals surface area contributed by atoms with Crippen molar-refractivity contribution >= 4 is 22.1 Å². The van der Waals surface area contributed by atoms with Crippen LogP contribution in [0.2, 0.25) is 0 Å². The van der Waals surface area contributed by atoms with Crippen LogP contribution in [0.5, 0.6) is 0 Å². The van der Waals surface area contributed by atoms with Gasteiger partial charge in [0.2, 0.25) is 0 Å². The van der Waals surface area contributed by atoms with E-state index >= 15 is 0 Å². The molecule has 128 valence electrons. The Balaban J connectivity index is 1.65. The third-order valence-electron chi connectivity index (χ3n) is 4.74. The van der Waals surface area contributed by atoms with E-state index < -0.39 is 12.7 Å². The van der Waals surface area contributed by atoms with Crippen molar-refractivity contribution in [3.8, 4) is 0 Å². The van der Waals surface area contributed by atoms with Crippen LogP contribution >= 0.6 is 0 Å². The summed E-state index contributed by atoms with van der Waals surface area (Å²) in [4.78, 5) is 13.5. The number of hydrogen-bond acceptors (Lipinski definition) is 3. The lowest BCUT2D eigenvalue weighted by Crippen LogP contribution is -2.40. The Morgan fingerprint density at radius 2 is 2.04 bits per heavy atom. The number of hydrogen-bond donors (Lipinski definition) is 1. The fourth-order valence-corrected chi connectivity index (χ4v) is 3.74. The first-order valence-corrected chi connectivity index (χ1v) is 8.02. The van der Waals surface area contributed by atoms with Crippen molar-refractivity contribution in [2.75, 3.05) is 19.6 Å². The zero-order valence-electron chi connectivity index (χ0n) is 13.3. The first-order valence-electron chi connectivity index (χ1n) is 8.02. The Morgan fingerprint density at radius 3 is 2.75 bits per heavy atom. The predicted octanol–water partition coefficient (Wildman–Crippen LogP) is 3.42. The van der Waals surface area contributed by atoms with Crippen LogP contribution in [0.1, 0.15) is 24.7 Å². The van der Waals surface area contributed by atoms with Crippen LogP contribution in [0.25, 0.3) is 22.1 Å². The van der Waals surface area contributed by atoms with Gasteiger partial charge in [-0.25, -0.2) is 9.97 Å². The normalized spacial score (nSPS) is 18.0. The molecule has 0 bridgehead atoms. The zero-order valence-corrected chi connectivity index (χ0v) is 13.3. The van der Waals surface area contributed by atoms with Gasteiger partial charge in [-0.1, -0.05) is 0 Å². The highest BCUT2D eigenvalue weighted by Crippen LogP contribution is 2.32. The van der Waals surface area contributed by atoms with E-state index in [0.29, 0.717) is 25.9 Å². The number of halogens is 3. The molecule has 0 unspecified atom stereocenters. The molecule has 0 aliphatic carbocycles. The monoisotopic (exact) mass is 337 g/mol. The number of piperidine rings is 1. The molecule has 0 amide bonds. The van der Waals surface area contributed by atoms with E-state index in [-0.39, 0.29) is 6.04 Å². The molecule has 0 spiro atoms. The van der Waals surface area contributed by atoms with Gasteiger partial charge in [-0.2, -0.15) is 13.2 Å². The average Bonchev–Trinajstić information content (AvgIpc) is 3.09. The molecule has 24 heavy (non-hydrogen) atoms. The highest BCUT2D eigenvalue weighted by atomic mass is 19.4. The number of rotatable bonds is 2. The van der Waals surface area contributed by atoms with Crippen molar-refractivity contribution in [1.82, 2.24) is 24.4 Å². The molecule has 4 rings (SSSR count). The first kappa shape index (κ1) is 15.4. The van der Waals surface area contributed by atoms with Crippen molar-refractivity contribution in [1.29, 1.82) is 0 Å². The van der Waals surface area contributed by atoms with Gasteiger partial charge in [0.25, 0.3) is 0 Å². The Bertz CT molecular complexity index is 871. The number of aryl methyl sites for hydroxylation is 1. The van der Waals surface area contributed by atoms with Gasteiger partial charge >= 0.3 is 6.18 Å². The minimum absolute atomic E-state index is 0.167. The van der Waals surface area contributed by atoms with E-state index in [4.69, 9.17) is 0 Å². The standard InChI is InChI=1S/C16H18F3N5/c1-10-22-13-8-21-15-12(2-5-20-15)14(13)24(10)11-3-6-23(7-4-11)9-16(17,18)19/h2,5,8,11H,3-4,6-7,9H2,1H3,(H,20,21). The van der Waals surface area contributed by atoms with E-state index in [1.807, 2.05) is 19.2 Å². The van der Waals surface area contributed by atoms with E-state index in [1.54, 1.807) is 6.20 Å². The maximum atomic E-state index is 12.6. The summed E-state index contributed by atoms with van der Waals surface area (Å²) in [6.07, 6.45) is 0.840. The number of nitrogens with one attached hydrogen (secondary N) is 1. The highest BCUT2D eigenvalue weighted by molar-refractivity contribution is 6.01. The second-order valence-electron chi connectivity index (χ2n) is 6.38. The number of imidazole rings is 1. The molecule has 1 aliphatic rings. The number of fused-ring (bicyclic) bond motifs is 3. The molecule has 1 saturated heterocycles. The molecule has 5 nitrogen and oxygen atoms in total. The second kappa shape index (κ2) is 5.47. The summed E-state index contributed by atoms with van der Waals surface area (Å²) < 4.78 is 39.8. The van der Waals surface area contributed by atoms with Gasteiger partial charge in [-0.05, 0) is 25.8 Å². The summed E-state index contributed by atoms with van der Waals surface area (Å²) in [5.74, 6) is 0.884. The summed E-state index contributed by atoms with van der Waals surface area (Å²) in [6, 6.07) is 2.14. The van der Waals surface area contributed by atoms with E-state index in [0.717, 1.165) is 27.9 Å². The summed E-state index contributed by atoms with van der Waals surface area (Å²) in [5, 5.41) is 1.01. The number of aromatic nitrogens is 4. The first-order chi connectivity index (χ1) is 11.4. The quantitative estimate of drug-likeness (QED) is 0.779. The third-order valence-corrected chi connectivity index (χ3v) is 4.74. The van der Waals surface area contributed by atoms with Crippen LogP contribution in [-0.2, 0) is 0 Å². The molecular formula is C16H18F3N5. The zero-order chi connectivity index (χ0) is 16.9. The summed E-state index contributed by atoms with van der Waals surface area (Å²) in [7, 11) is 0. The van der Waals surface area contributed by atoms with Crippen molar-refractivity contribution in [3.63, 3.8) is 0 Å². The summed E-state index contributed by atoms with van der Waals surface area (Å²) in [6.45, 7) is 2.02. The average molecular weight is 337 g/mol. The molecule has 4 heterocycles. The van der Waals surface area contributed by atoms with E-state index in [2.05, 4.69) is 19.5 Å². The van der Waals surface area contributed by atoms with Crippen LogP contribution in [0.15, 0.2) is 18.5 Å². The second-order valence-corrected chi connectivity index (χ2v) is 6.38. The number of likely N-dealkylation sites (tertiary alicyclic amines) is 1. The van der Waals surface area contributed by atoms with Gasteiger partial charge in [0.05, 0.1) is 18.3 Å². The van der Waals surface area contributed by atoms with Crippen LogP contribution in [-0.4, -0.2) is 50.2 Å². The molecular weight excluding hydrogens is 319 g/mol. The van der Waals surface area contributed by atoms with Crippen LogP contribution in [0.4, 0.5) is 13.2 Å². The number of alkyl halides is 3. The Morgan fingerprint density at radius 1 is 1.29 bits per heavy atom. The van der Waals surface area contributed by atoms with Crippen LogP contribution in [0.3, 0.4) is 0 Å². The van der Waals surface area contributed by atoms with Gasteiger partial charge in [0.1, 0.15) is 17.0 Å². The number of H-pyrrole nitrogens is 1. The summed E-state index contributed by atoms with van der Waals surface area (Å²) >= 11 is 0. The Kier molecular flexibility index (Phi) is 3.52. The summed E-state index contributed by atoms with van der Waals surface area (Å²) in [5.41, 5.74) is 2.66. The molecule has 3 aromatic rings. The number of nitrogens with zero attached hydrogens (tertiary/aromatic N) is 4. The van der Waals surface area contributed by atoms with Gasteiger partial charge in [-0.15, -0.1) is 0 Å². The lowest BCUT2D eigenvalue weighted by atomic mass is 10.0. The maximum absolute atomic E-state index is 12.6. The minimum atomic E-state index is -4.13. The fourth-order valence-electron chi connectivity index (χ4n) is 3.74. The Labute approximate surface area is 136 Å². The van der Waals surface area contributed by atoms with Crippen LogP contribution in [0, 0.1) is 6.92 Å². The Hall–Kier alpha value is -2.09.